The third-order valence-electron chi connectivity index (χ3n) is 3.75. The van der Waals surface area contributed by atoms with Crippen molar-refractivity contribution in [2.75, 3.05) is 13.7 Å². The molecule has 0 unspecified atom stereocenters. The second-order valence-corrected chi connectivity index (χ2v) is 5.36. The van der Waals surface area contributed by atoms with E-state index in [1.807, 2.05) is 6.92 Å². The standard InChI is InChI=1S/C17H21N3O5/c1-4-12-14(17(23)24-3)10(2)15(20-12)16(22)19-9-13(21)18-8-11-6-5-7-25-11/h5-7,20H,4,8-9H2,1-3H3,(H,18,21)(H,19,22). The fourth-order valence-electron chi connectivity index (χ4n) is 2.44. The fourth-order valence-corrected chi connectivity index (χ4v) is 2.44. The number of furan rings is 1. The van der Waals surface area contributed by atoms with E-state index in [2.05, 4.69) is 15.6 Å². The monoisotopic (exact) mass is 347 g/mol. The first-order valence-electron chi connectivity index (χ1n) is 7.84. The lowest BCUT2D eigenvalue weighted by Crippen LogP contribution is -2.36. The Balaban J connectivity index is 1.97. The second-order valence-electron chi connectivity index (χ2n) is 5.36. The Bertz CT molecular complexity index is 762. The van der Waals surface area contributed by atoms with Crippen LogP contribution in [-0.4, -0.2) is 36.4 Å². The van der Waals surface area contributed by atoms with Crippen molar-refractivity contribution >= 4 is 17.8 Å². The first kappa shape index (κ1) is 18.3. The summed E-state index contributed by atoms with van der Waals surface area (Å²) in [6.45, 7) is 3.58. The molecule has 8 nitrogen and oxygen atoms in total. The number of nitrogens with one attached hydrogen (secondary N) is 3. The van der Waals surface area contributed by atoms with Gasteiger partial charge in [0.15, 0.2) is 0 Å². The van der Waals surface area contributed by atoms with Gasteiger partial charge in [-0.3, -0.25) is 9.59 Å². The molecular formula is C17H21N3O5. The second kappa shape index (κ2) is 8.18. The molecule has 0 aliphatic rings. The normalized spacial score (nSPS) is 10.4. The molecule has 2 amide bonds. The molecule has 0 saturated heterocycles. The maximum atomic E-state index is 12.3. The summed E-state index contributed by atoms with van der Waals surface area (Å²) < 4.78 is 9.86. The maximum absolute atomic E-state index is 12.3. The van der Waals surface area contributed by atoms with Gasteiger partial charge in [-0.2, -0.15) is 0 Å². The zero-order valence-corrected chi connectivity index (χ0v) is 14.4. The predicted octanol–water partition coefficient (Wildman–Crippen LogP) is 1.31. The van der Waals surface area contributed by atoms with E-state index in [9.17, 15) is 14.4 Å². The van der Waals surface area contributed by atoms with Gasteiger partial charge in [-0.25, -0.2) is 4.79 Å². The largest absolute Gasteiger partial charge is 0.467 e. The molecule has 2 aromatic rings. The summed E-state index contributed by atoms with van der Waals surface area (Å²) >= 11 is 0. The average molecular weight is 347 g/mol. The van der Waals surface area contributed by atoms with E-state index in [0.29, 0.717) is 29.0 Å². The van der Waals surface area contributed by atoms with Crippen molar-refractivity contribution in [1.82, 2.24) is 15.6 Å². The van der Waals surface area contributed by atoms with Gasteiger partial charge >= 0.3 is 5.97 Å². The van der Waals surface area contributed by atoms with Crippen LogP contribution in [0, 0.1) is 6.92 Å². The van der Waals surface area contributed by atoms with Crippen LogP contribution in [0.15, 0.2) is 22.8 Å². The summed E-state index contributed by atoms with van der Waals surface area (Å²) in [5.74, 6) is -0.690. The molecule has 25 heavy (non-hydrogen) atoms. The number of rotatable bonds is 7. The summed E-state index contributed by atoms with van der Waals surface area (Å²) in [6, 6.07) is 3.46. The third kappa shape index (κ3) is 4.28. The molecule has 0 bridgehead atoms. The molecule has 2 heterocycles. The van der Waals surface area contributed by atoms with Gasteiger partial charge in [-0.05, 0) is 31.0 Å². The molecule has 0 atom stereocenters. The van der Waals surface area contributed by atoms with Crippen molar-refractivity contribution in [3.05, 3.63) is 46.7 Å². The highest BCUT2D eigenvalue weighted by Crippen LogP contribution is 2.20. The molecule has 134 valence electrons. The quantitative estimate of drug-likeness (QED) is 0.654. The molecule has 2 aromatic heterocycles. The van der Waals surface area contributed by atoms with E-state index in [1.54, 1.807) is 19.1 Å². The van der Waals surface area contributed by atoms with Crippen LogP contribution in [0.1, 0.15) is 44.8 Å². The minimum Gasteiger partial charge on any atom is -0.467 e. The Labute approximate surface area is 144 Å². The van der Waals surface area contributed by atoms with Crippen LogP contribution in [0.3, 0.4) is 0 Å². The molecule has 2 rings (SSSR count). The van der Waals surface area contributed by atoms with Gasteiger partial charge < -0.3 is 24.8 Å². The van der Waals surface area contributed by atoms with Gasteiger partial charge in [-0.15, -0.1) is 0 Å². The molecule has 0 aliphatic heterocycles. The highest BCUT2D eigenvalue weighted by Gasteiger charge is 2.23. The fraction of sp³-hybridized carbons (Fsp3) is 0.353. The number of amides is 2. The van der Waals surface area contributed by atoms with Crippen LogP contribution in [0.25, 0.3) is 0 Å². The van der Waals surface area contributed by atoms with Crippen LogP contribution >= 0.6 is 0 Å². The highest BCUT2D eigenvalue weighted by atomic mass is 16.5. The molecule has 0 aromatic carbocycles. The maximum Gasteiger partial charge on any atom is 0.339 e. The summed E-state index contributed by atoms with van der Waals surface area (Å²) in [6.07, 6.45) is 2.06. The number of carbonyl (C=O) groups is 3. The zero-order chi connectivity index (χ0) is 18.4. The average Bonchev–Trinajstić information content (AvgIpc) is 3.24. The van der Waals surface area contributed by atoms with Crippen molar-refractivity contribution in [3.63, 3.8) is 0 Å². The number of hydrogen-bond acceptors (Lipinski definition) is 5. The Morgan fingerprint density at radius 2 is 2.04 bits per heavy atom. The van der Waals surface area contributed by atoms with Crippen molar-refractivity contribution in [2.45, 2.75) is 26.8 Å². The number of aryl methyl sites for hydroxylation is 1. The SMILES string of the molecule is CCc1[nH]c(C(=O)NCC(=O)NCc2ccco2)c(C)c1C(=O)OC. The number of H-pyrrole nitrogens is 1. The lowest BCUT2D eigenvalue weighted by molar-refractivity contribution is -0.120. The molecule has 3 N–H and O–H groups in total. The molecule has 0 spiro atoms. The summed E-state index contributed by atoms with van der Waals surface area (Å²) in [5.41, 5.74) is 1.72. The van der Waals surface area contributed by atoms with Gasteiger partial charge in [0.1, 0.15) is 11.5 Å². The van der Waals surface area contributed by atoms with Crippen molar-refractivity contribution in [3.8, 4) is 0 Å². The number of aromatic nitrogens is 1. The summed E-state index contributed by atoms with van der Waals surface area (Å²) in [7, 11) is 1.29. The Hall–Kier alpha value is -3.03. The molecule has 0 radical (unpaired) electrons. The molecule has 0 aliphatic carbocycles. The smallest absolute Gasteiger partial charge is 0.339 e. The van der Waals surface area contributed by atoms with E-state index in [4.69, 9.17) is 9.15 Å². The summed E-state index contributed by atoms with van der Waals surface area (Å²) in [4.78, 5) is 38.9. The van der Waals surface area contributed by atoms with Crippen LogP contribution in [0.5, 0.6) is 0 Å². The van der Waals surface area contributed by atoms with Crippen LogP contribution in [0.2, 0.25) is 0 Å². The van der Waals surface area contributed by atoms with Gasteiger partial charge in [0, 0.05) is 5.69 Å². The highest BCUT2D eigenvalue weighted by molar-refractivity contribution is 6.01. The lowest BCUT2D eigenvalue weighted by Gasteiger charge is -2.06. The Morgan fingerprint density at radius 1 is 1.28 bits per heavy atom. The minimum absolute atomic E-state index is 0.187. The van der Waals surface area contributed by atoms with Crippen molar-refractivity contribution in [2.24, 2.45) is 0 Å². The molecule has 0 fully saturated rings. The Morgan fingerprint density at radius 3 is 2.64 bits per heavy atom. The van der Waals surface area contributed by atoms with Gasteiger partial charge in [0.2, 0.25) is 5.91 Å². The molecule has 8 heteroatoms. The van der Waals surface area contributed by atoms with E-state index < -0.39 is 11.9 Å². The first-order chi connectivity index (χ1) is 12.0. The number of methoxy groups -OCH3 is 1. The number of hydrogen-bond donors (Lipinski definition) is 3. The van der Waals surface area contributed by atoms with E-state index in [-0.39, 0.29) is 24.7 Å². The first-order valence-corrected chi connectivity index (χ1v) is 7.84. The number of ether oxygens (including phenoxy) is 1. The summed E-state index contributed by atoms with van der Waals surface area (Å²) in [5, 5.41) is 5.16. The molecule has 0 saturated carbocycles. The number of aromatic amines is 1. The minimum atomic E-state index is -0.499. The van der Waals surface area contributed by atoms with Crippen molar-refractivity contribution in [1.29, 1.82) is 0 Å². The predicted molar refractivity (Wildman–Crippen MR) is 89.1 cm³/mol. The van der Waals surface area contributed by atoms with E-state index >= 15 is 0 Å². The van der Waals surface area contributed by atoms with Crippen LogP contribution in [0.4, 0.5) is 0 Å². The van der Waals surface area contributed by atoms with E-state index in [0.717, 1.165) is 0 Å². The van der Waals surface area contributed by atoms with E-state index in [1.165, 1.54) is 13.4 Å². The zero-order valence-electron chi connectivity index (χ0n) is 14.4. The number of carbonyl (C=O) groups excluding carboxylic acids is 3. The third-order valence-corrected chi connectivity index (χ3v) is 3.75. The Kier molecular flexibility index (Phi) is 5.99. The van der Waals surface area contributed by atoms with Crippen LogP contribution in [-0.2, 0) is 22.5 Å². The lowest BCUT2D eigenvalue weighted by atomic mass is 10.1. The van der Waals surface area contributed by atoms with Crippen molar-refractivity contribution < 1.29 is 23.5 Å². The topological polar surface area (TPSA) is 113 Å². The van der Waals surface area contributed by atoms with Gasteiger partial charge in [0.25, 0.3) is 5.91 Å². The van der Waals surface area contributed by atoms with Gasteiger partial charge in [0.05, 0.1) is 32.0 Å². The number of esters is 1. The van der Waals surface area contributed by atoms with Gasteiger partial charge in [-0.1, -0.05) is 6.92 Å². The van der Waals surface area contributed by atoms with Crippen LogP contribution < -0.4 is 10.6 Å². The molecular weight excluding hydrogens is 326 g/mol.